The molecule has 2 amide bonds. The van der Waals surface area contributed by atoms with Gasteiger partial charge in [-0.2, -0.15) is 5.26 Å². The summed E-state index contributed by atoms with van der Waals surface area (Å²) < 4.78 is 10.3. The molecular formula is C27H27Cl2N3O5S. The van der Waals surface area contributed by atoms with E-state index in [-0.39, 0.29) is 38.1 Å². The number of methoxy groups -OCH3 is 1. The summed E-state index contributed by atoms with van der Waals surface area (Å²) in [7, 11) is 1.16. The van der Waals surface area contributed by atoms with E-state index in [0.717, 1.165) is 35.6 Å². The minimum absolute atomic E-state index is 0.0804. The van der Waals surface area contributed by atoms with Gasteiger partial charge in [0.25, 0.3) is 0 Å². The van der Waals surface area contributed by atoms with Crippen LogP contribution in [0.2, 0.25) is 10.0 Å². The average Bonchev–Trinajstić information content (AvgIpc) is 2.86. The highest BCUT2D eigenvalue weighted by Crippen LogP contribution is 2.44. The SMILES string of the molecule is CCOc1c(Cl)cc([C@H]2C(C#N)=C(SCC(=O)Nc3c(C)cc(C)cc3C)NC(=O)[C@H]2C(=O)OC)cc1Cl. The van der Waals surface area contributed by atoms with Crippen molar-refractivity contribution in [2.75, 3.05) is 24.8 Å². The van der Waals surface area contributed by atoms with Crippen molar-refractivity contribution in [1.29, 1.82) is 5.26 Å². The Labute approximate surface area is 235 Å². The van der Waals surface area contributed by atoms with Crippen LogP contribution in [0.25, 0.3) is 0 Å². The molecule has 2 atom stereocenters. The number of rotatable bonds is 8. The minimum atomic E-state index is -1.37. The second-order valence-corrected chi connectivity index (χ2v) is 10.5. The molecule has 200 valence electrons. The van der Waals surface area contributed by atoms with Gasteiger partial charge in [-0.1, -0.05) is 52.7 Å². The molecule has 0 saturated carbocycles. The maximum absolute atomic E-state index is 13.1. The minimum Gasteiger partial charge on any atom is -0.491 e. The van der Waals surface area contributed by atoms with Crippen molar-refractivity contribution in [1.82, 2.24) is 5.32 Å². The molecule has 0 saturated heterocycles. The lowest BCUT2D eigenvalue weighted by Crippen LogP contribution is -2.44. The third kappa shape index (κ3) is 6.26. The standard InChI is InChI=1S/C27H27Cl2N3O5S/c1-6-37-24-18(28)9-16(10-19(24)29)21-17(11-30)26(32-25(34)22(21)27(35)36-5)38-12-20(33)31-23-14(3)7-13(2)8-15(23)4/h7-10,21-22H,6,12H2,1-5H3,(H,31,33)(H,32,34)/t21-,22-/m0/s1. The molecule has 1 aliphatic rings. The topological polar surface area (TPSA) is 118 Å². The smallest absolute Gasteiger partial charge is 0.319 e. The summed E-state index contributed by atoms with van der Waals surface area (Å²) >= 11 is 13.8. The van der Waals surface area contributed by atoms with Gasteiger partial charge in [-0.05, 0) is 56.5 Å². The third-order valence-electron chi connectivity index (χ3n) is 5.94. The lowest BCUT2D eigenvalue weighted by atomic mass is 9.78. The highest BCUT2D eigenvalue weighted by atomic mass is 35.5. The Hall–Kier alpha value is -3.19. The molecule has 3 rings (SSSR count). The van der Waals surface area contributed by atoms with Crippen LogP contribution in [0.1, 0.15) is 35.1 Å². The first-order valence-corrected chi connectivity index (χ1v) is 13.4. The van der Waals surface area contributed by atoms with Crippen LogP contribution < -0.4 is 15.4 Å². The largest absolute Gasteiger partial charge is 0.491 e. The number of aryl methyl sites for hydroxylation is 3. The summed E-state index contributed by atoms with van der Waals surface area (Å²) in [6.45, 7) is 7.89. The molecule has 38 heavy (non-hydrogen) atoms. The predicted octanol–water partition coefficient (Wildman–Crippen LogP) is 5.43. The number of benzene rings is 2. The Morgan fingerprint density at radius 2 is 1.74 bits per heavy atom. The number of allylic oxidation sites excluding steroid dienone is 1. The molecule has 2 N–H and O–H groups in total. The molecule has 2 aromatic carbocycles. The van der Waals surface area contributed by atoms with Gasteiger partial charge in [-0.25, -0.2) is 0 Å². The summed E-state index contributed by atoms with van der Waals surface area (Å²) in [4.78, 5) is 38.5. The van der Waals surface area contributed by atoms with Crippen molar-refractivity contribution in [2.24, 2.45) is 5.92 Å². The zero-order chi connectivity index (χ0) is 28.1. The highest BCUT2D eigenvalue weighted by molar-refractivity contribution is 8.03. The maximum Gasteiger partial charge on any atom is 0.319 e. The Balaban J connectivity index is 1.97. The summed E-state index contributed by atoms with van der Waals surface area (Å²) in [5.74, 6) is -4.06. The number of hydrogen-bond donors (Lipinski definition) is 2. The number of nitrogens with zero attached hydrogens (tertiary/aromatic N) is 1. The molecule has 0 aliphatic carbocycles. The maximum atomic E-state index is 13.1. The predicted molar refractivity (Wildman–Crippen MR) is 148 cm³/mol. The van der Waals surface area contributed by atoms with E-state index in [1.807, 2.05) is 32.9 Å². The van der Waals surface area contributed by atoms with Crippen molar-refractivity contribution >= 4 is 58.4 Å². The van der Waals surface area contributed by atoms with Gasteiger partial charge in [0, 0.05) is 11.6 Å². The summed E-state index contributed by atoms with van der Waals surface area (Å²) in [5, 5.41) is 16.1. The molecule has 0 bridgehead atoms. The first kappa shape index (κ1) is 29.4. The van der Waals surface area contributed by atoms with Crippen LogP contribution in [0.4, 0.5) is 5.69 Å². The van der Waals surface area contributed by atoms with Crippen LogP contribution in [0, 0.1) is 38.0 Å². The number of carbonyl (C=O) groups is 3. The van der Waals surface area contributed by atoms with Gasteiger partial charge in [0.2, 0.25) is 11.8 Å². The van der Waals surface area contributed by atoms with E-state index in [1.54, 1.807) is 6.92 Å². The zero-order valence-corrected chi connectivity index (χ0v) is 23.9. The van der Waals surface area contributed by atoms with Crippen LogP contribution in [0.15, 0.2) is 34.9 Å². The second-order valence-electron chi connectivity index (χ2n) is 8.68. The quantitative estimate of drug-likeness (QED) is 0.318. The number of esters is 1. The van der Waals surface area contributed by atoms with E-state index in [9.17, 15) is 19.6 Å². The van der Waals surface area contributed by atoms with Crippen LogP contribution in [-0.4, -0.2) is 37.3 Å². The van der Waals surface area contributed by atoms with Crippen LogP contribution in [-0.2, 0) is 19.1 Å². The van der Waals surface area contributed by atoms with Crippen molar-refractivity contribution in [3.05, 3.63) is 67.2 Å². The van der Waals surface area contributed by atoms with Crippen molar-refractivity contribution in [2.45, 2.75) is 33.6 Å². The molecule has 8 nitrogen and oxygen atoms in total. The molecule has 2 aromatic rings. The Morgan fingerprint density at radius 1 is 1.13 bits per heavy atom. The lowest BCUT2D eigenvalue weighted by molar-refractivity contribution is -0.150. The normalized spacial score (nSPS) is 16.9. The molecule has 1 aliphatic heterocycles. The summed E-state index contributed by atoms with van der Waals surface area (Å²) in [6, 6.07) is 9.05. The monoisotopic (exact) mass is 575 g/mol. The van der Waals surface area contributed by atoms with Crippen LogP contribution >= 0.6 is 35.0 Å². The van der Waals surface area contributed by atoms with E-state index < -0.39 is 23.7 Å². The fraction of sp³-hybridized carbons (Fsp3) is 0.333. The van der Waals surface area contributed by atoms with Gasteiger partial charge in [0.05, 0.1) is 46.2 Å². The average molecular weight is 577 g/mol. The van der Waals surface area contributed by atoms with E-state index >= 15 is 0 Å². The fourth-order valence-corrected chi connectivity index (χ4v) is 5.87. The molecular weight excluding hydrogens is 549 g/mol. The van der Waals surface area contributed by atoms with Crippen LogP contribution in [0.5, 0.6) is 5.75 Å². The molecule has 0 aromatic heterocycles. The number of halogens is 2. The summed E-state index contributed by atoms with van der Waals surface area (Å²) in [5.41, 5.74) is 4.09. The molecule has 0 spiro atoms. The number of hydrogen-bond acceptors (Lipinski definition) is 7. The molecule has 0 radical (unpaired) electrons. The molecule has 1 heterocycles. The Bertz CT molecular complexity index is 1320. The van der Waals surface area contributed by atoms with Crippen molar-refractivity contribution in [3.8, 4) is 11.8 Å². The number of ether oxygens (including phenoxy) is 2. The van der Waals surface area contributed by atoms with Gasteiger partial charge < -0.3 is 20.1 Å². The van der Waals surface area contributed by atoms with E-state index in [2.05, 4.69) is 16.7 Å². The van der Waals surface area contributed by atoms with E-state index in [4.69, 9.17) is 32.7 Å². The number of amides is 2. The number of carbonyl (C=O) groups excluding carboxylic acids is 3. The number of anilines is 1. The second kappa shape index (κ2) is 12.6. The first-order valence-electron chi connectivity index (χ1n) is 11.7. The van der Waals surface area contributed by atoms with Gasteiger partial charge in [-0.15, -0.1) is 0 Å². The summed E-state index contributed by atoms with van der Waals surface area (Å²) in [6.07, 6.45) is 0. The van der Waals surface area contributed by atoms with Crippen molar-refractivity contribution in [3.63, 3.8) is 0 Å². The fourth-order valence-electron chi connectivity index (χ4n) is 4.41. The number of nitriles is 1. The lowest BCUT2D eigenvalue weighted by Gasteiger charge is -2.31. The van der Waals surface area contributed by atoms with Gasteiger partial charge in [-0.3, -0.25) is 14.4 Å². The first-order chi connectivity index (χ1) is 18.0. The van der Waals surface area contributed by atoms with Gasteiger partial charge in [0.1, 0.15) is 5.92 Å². The van der Waals surface area contributed by atoms with Gasteiger partial charge >= 0.3 is 5.97 Å². The molecule has 11 heteroatoms. The molecule has 0 unspecified atom stereocenters. The van der Waals surface area contributed by atoms with Gasteiger partial charge in [0.15, 0.2) is 5.75 Å². The Kier molecular flexibility index (Phi) is 9.71. The molecule has 0 fully saturated rings. The van der Waals surface area contributed by atoms with E-state index in [1.165, 1.54) is 12.1 Å². The van der Waals surface area contributed by atoms with Crippen molar-refractivity contribution < 1.29 is 23.9 Å². The zero-order valence-electron chi connectivity index (χ0n) is 21.5. The Morgan fingerprint density at radius 3 is 2.26 bits per heavy atom. The van der Waals surface area contributed by atoms with Crippen LogP contribution in [0.3, 0.4) is 0 Å². The number of thioether (sulfide) groups is 1. The van der Waals surface area contributed by atoms with E-state index in [0.29, 0.717) is 17.9 Å². The third-order valence-corrected chi connectivity index (χ3v) is 7.52. The highest BCUT2D eigenvalue weighted by Gasteiger charge is 2.44. The number of nitrogens with one attached hydrogen (secondary N) is 2.